The van der Waals surface area contributed by atoms with Crippen LogP contribution in [-0.4, -0.2) is 45.8 Å². The van der Waals surface area contributed by atoms with E-state index in [4.69, 9.17) is 0 Å². The average molecular weight is 386 g/mol. The molecule has 0 fully saturated rings. The summed E-state index contributed by atoms with van der Waals surface area (Å²) in [7, 11) is 1.93. The van der Waals surface area contributed by atoms with E-state index >= 15 is 0 Å². The van der Waals surface area contributed by atoms with E-state index in [1.807, 2.05) is 48.3 Å². The minimum absolute atomic E-state index is 0.151. The summed E-state index contributed by atoms with van der Waals surface area (Å²) in [6.07, 6.45) is 1.61. The van der Waals surface area contributed by atoms with Gasteiger partial charge in [0.1, 0.15) is 6.54 Å². The Bertz CT molecular complexity index is 1320. The maximum atomic E-state index is 13.1. The zero-order valence-corrected chi connectivity index (χ0v) is 15.8. The lowest BCUT2D eigenvalue weighted by molar-refractivity contribution is -0.119. The number of aromatic nitrogens is 4. The lowest BCUT2D eigenvalue weighted by Gasteiger charge is -2.33. The third kappa shape index (κ3) is 2.89. The summed E-state index contributed by atoms with van der Waals surface area (Å²) in [5.74, 6) is 0.923. The van der Waals surface area contributed by atoms with E-state index in [1.54, 1.807) is 23.2 Å². The molecule has 0 bridgehead atoms. The number of para-hydroxylation sites is 2. The molecule has 2 aromatic heterocycles. The highest BCUT2D eigenvalue weighted by molar-refractivity contribution is 5.97. The van der Waals surface area contributed by atoms with Crippen molar-refractivity contribution in [3.63, 3.8) is 0 Å². The number of hydrogen-bond donors (Lipinski definition) is 0. The Hall–Kier alpha value is -3.81. The van der Waals surface area contributed by atoms with Crippen LogP contribution in [0.15, 0.2) is 59.5 Å². The van der Waals surface area contributed by atoms with E-state index in [-0.39, 0.29) is 18.0 Å². The van der Waals surface area contributed by atoms with Gasteiger partial charge in [-0.2, -0.15) is 5.10 Å². The number of carbonyl (C=O) groups is 1. The van der Waals surface area contributed by atoms with Crippen LogP contribution >= 0.6 is 0 Å². The monoisotopic (exact) mass is 386 g/mol. The van der Waals surface area contributed by atoms with E-state index in [9.17, 15) is 9.59 Å². The van der Waals surface area contributed by atoms with Crippen molar-refractivity contribution in [3.05, 3.63) is 65.1 Å². The summed E-state index contributed by atoms with van der Waals surface area (Å²) >= 11 is 0. The largest absolute Gasteiger partial charge is 0.355 e. The van der Waals surface area contributed by atoms with E-state index < -0.39 is 0 Å². The SMILES string of the molecule is CN1CCN(C(=O)Cn2ncc3ccccc3c2=O)c2nc3ccccc3nc21. The Kier molecular flexibility index (Phi) is 3.97. The summed E-state index contributed by atoms with van der Waals surface area (Å²) in [5.41, 5.74) is 1.22. The fourth-order valence-electron chi connectivity index (χ4n) is 3.58. The molecular weight excluding hydrogens is 368 g/mol. The second kappa shape index (κ2) is 6.66. The van der Waals surface area contributed by atoms with Crippen molar-refractivity contribution >= 4 is 39.3 Å². The zero-order chi connectivity index (χ0) is 20.0. The molecule has 0 radical (unpaired) electrons. The van der Waals surface area contributed by atoms with Gasteiger partial charge in [-0.3, -0.25) is 14.5 Å². The highest BCUT2D eigenvalue weighted by Gasteiger charge is 2.29. The van der Waals surface area contributed by atoms with Gasteiger partial charge >= 0.3 is 0 Å². The summed E-state index contributed by atoms with van der Waals surface area (Å²) in [6.45, 7) is 0.949. The normalized spacial score (nSPS) is 13.7. The van der Waals surface area contributed by atoms with Gasteiger partial charge in [0.2, 0.25) is 5.91 Å². The molecule has 0 unspecified atom stereocenters. The van der Waals surface area contributed by atoms with Crippen LogP contribution in [0.2, 0.25) is 0 Å². The van der Waals surface area contributed by atoms with E-state index in [1.165, 1.54) is 4.68 Å². The quantitative estimate of drug-likeness (QED) is 0.523. The van der Waals surface area contributed by atoms with Gasteiger partial charge in [0.15, 0.2) is 11.6 Å². The third-order valence-corrected chi connectivity index (χ3v) is 5.16. The first kappa shape index (κ1) is 17.3. The number of rotatable bonds is 2. The first-order valence-corrected chi connectivity index (χ1v) is 9.35. The minimum atomic E-state index is -0.282. The van der Waals surface area contributed by atoms with E-state index in [0.717, 1.165) is 16.4 Å². The number of likely N-dealkylation sites (N-methyl/N-ethyl adjacent to an activating group) is 1. The summed E-state index contributed by atoms with van der Waals surface area (Å²) in [4.78, 5) is 38.8. The van der Waals surface area contributed by atoms with Crippen molar-refractivity contribution in [2.24, 2.45) is 0 Å². The fraction of sp³-hybridized carbons (Fsp3) is 0.190. The average Bonchev–Trinajstić information content (AvgIpc) is 2.75. The van der Waals surface area contributed by atoms with Crippen molar-refractivity contribution in [2.45, 2.75) is 6.54 Å². The zero-order valence-electron chi connectivity index (χ0n) is 15.8. The molecule has 0 aliphatic carbocycles. The van der Waals surface area contributed by atoms with Gasteiger partial charge in [-0.15, -0.1) is 0 Å². The van der Waals surface area contributed by atoms with Crippen LogP contribution in [0.25, 0.3) is 21.8 Å². The third-order valence-electron chi connectivity index (χ3n) is 5.16. The molecule has 144 valence electrons. The molecule has 0 saturated heterocycles. The van der Waals surface area contributed by atoms with Gasteiger partial charge in [0.05, 0.1) is 22.6 Å². The number of benzene rings is 2. The molecule has 0 atom stereocenters. The molecule has 0 N–H and O–H groups in total. The molecule has 29 heavy (non-hydrogen) atoms. The van der Waals surface area contributed by atoms with Crippen molar-refractivity contribution in [1.82, 2.24) is 19.7 Å². The van der Waals surface area contributed by atoms with Crippen LogP contribution in [0.3, 0.4) is 0 Å². The Labute approximate surface area is 166 Å². The maximum Gasteiger partial charge on any atom is 0.275 e. The molecule has 5 rings (SSSR count). The van der Waals surface area contributed by atoms with Crippen molar-refractivity contribution in [3.8, 4) is 0 Å². The fourth-order valence-corrected chi connectivity index (χ4v) is 3.58. The molecule has 0 saturated carbocycles. The van der Waals surface area contributed by atoms with Gasteiger partial charge in [-0.1, -0.05) is 30.3 Å². The van der Waals surface area contributed by atoms with Crippen LogP contribution in [0.1, 0.15) is 0 Å². The van der Waals surface area contributed by atoms with Crippen molar-refractivity contribution < 1.29 is 4.79 Å². The molecule has 2 aromatic carbocycles. The lowest BCUT2D eigenvalue weighted by Crippen LogP contribution is -2.46. The van der Waals surface area contributed by atoms with E-state index in [0.29, 0.717) is 30.1 Å². The highest BCUT2D eigenvalue weighted by Crippen LogP contribution is 2.30. The van der Waals surface area contributed by atoms with Gasteiger partial charge < -0.3 is 4.90 Å². The van der Waals surface area contributed by atoms with Crippen molar-refractivity contribution in [1.29, 1.82) is 0 Å². The molecular formula is C21H18N6O2. The van der Waals surface area contributed by atoms with Gasteiger partial charge in [-0.05, 0) is 18.2 Å². The molecule has 4 aromatic rings. The first-order valence-electron chi connectivity index (χ1n) is 9.35. The highest BCUT2D eigenvalue weighted by atomic mass is 16.2. The second-order valence-electron chi connectivity index (χ2n) is 7.02. The predicted molar refractivity (Wildman–Crippen MR) is 111 cm³/mol. The molecule has 1 aliphatic heterocycles. The number of nitrogens with zero attached hydrogens (tertiary/aromatic N) is 6. The minimum Gasteiger partial charge on any atom is -0.355 e. The molecule has 8 nitrogen and oxygen atoms in total. The Morgan fingerprint density at radius 1 is 0.966 bits per heavy atom. The van der Waals surface area contributed by atoms with Gasteiger partial charge in [-0.25, -0.2) is 14.6 Å². The Morgan fingerprint density at radius 2 is 1.66 bits per heavy atom. The summed E-state index contributed by atoms with van der Waals surface area (Å²) in [5, 5.41) is 5.47. The van der Waals surface area contributed by atoms with Crippen LogP contribution in [0, 0.1) is 0 Å². The maximum absolute atomic E-state index is 13.1. The van der Waals surface area contributed by atoms with Gasteiger partial charge in [0, 0.05) is 25.5 Å². The van der Waals surface area contributed by atoms with Crippen LogP contribution in [0.4, 0.5) is 11.6 Å². The van der Waals surface area contributed by atoms with Gasteiger partial charge in [0.25, 0.3) is 5.56 Å². The summed E-state index contributed by atoms with van der Waals surface area (Å²) < 4.78 is 1.21. The van der Waals surface area contributed by atoms with Crippen LogP contribution in [-0.2, 0) is 11.3 Å². The molecule has 0 spiro atoms. The number of carbonyl (C=O) groups excluding carboxylic acids is 1. The number of hydrogen-bond acceptors (Lipinski definition) is 6. The lowest BCUT2D eigenvalue weighted by atomic mass is 10.2. The summed E-state index contributed by atoms with van der Waals surface area (Å²) in [6, 6.07) is 14.8. The van der Waals surface area contributed by atoms with Crippen molar-refractivity contribution in [2.75, 3.05) is 29.9 Å². The molecule has 1 amide bonds. The second-order valence-corrected chi connectivity index (χ2v) is 7.02. The molecule has 8 heteroatoms. The molecule has 3 heterocycles. The Balaban J connectivity index is 1.53. The van der Waals surface area contributed by atoms with Crippen LogP contribution < -0.4 is 15.4 Å². The topological polar surface area (TPSA) is 84.2 Å². The molecule has 1 aliphatic rings. The predicted octanol–water partition coefficient (Wildman–Crippen LogP) is 1.82. The van der Waals surface area contributed by atoms with Crippen LogP contribution in [0.5, 0.6) is 0 Å². The number of amides is 1. The number of fused-ring (bicyclic) bond motifs is 3. The number of anilines is 2. The standard InChI is InChI=1S/C21H18N6O2/c1-25-10-11-26(20-19(25)23-16-8-4-5-9-17(16)24-20)18(28)13-27-21(29)15-7-3-2-6-14(15)12-22-27/h2-9,12H,10-11,13H2,1H3. The first-order chi connectivity index (χ1) is 14.1. The smallest absolute Gasteiger partial charge is 0.275 e. The Morgan fingerprint density at radius 3 is 2.45 bits per heavy atom. The van der Waals surface area contributed by atoms with E-state index in [2.05, 4.69) is 15.1 Å².